The van der Waals surface area contributed by atoms with Crippen molar-refractivity contribution in [1.82, 2.24) is 33.1 Å². The lowest BCUT2D eigenvalue weighted by Crippen LogP contribution is -2.24. The third kappa shape index (κ3) is 2.86. The highest BCUT2D eigenvalue weighted by Gasteiger charge is 2.20. The van der Waals surface area contributed by atoms with Crippen molar-refractivity contribution in [1.29, 1.82) is 0 Å². The van der Waals surface area contributed by atoms with Gasteiger partial charge in [0.25, 0.3) is 5.78 Å². The van der Waals surface area contributed by atoms with Gasteiger partial charge in [0.15, 0.2) is 5.82 Å². The molecule has 0 saturated carbocycles. The second-order valence-electron chi connectivity index (χ2n) is 5.49. The Labute approximate surface area is 147 Å². The molecule has 0 amide bonds. The van der Waals surface area contributed by atoms with Gasteiger partial charge in [0.05, 0.1) is 18.3 Å². The lowest BCUT2D eigenvalue weighted by molar-refractivity contribution is 0.580. The highest BCUT2D eigenvalue weighted by molar-refractivity contribution is 7.89. The van der Waals surface area contributed by atoms with Crippen molar-refractivity contribution in [3.8, 4) is 0 Å². The van der Waals surface area contributed by atoms with Gasteiger partial charge in [-0.2, -0.15) is 13.7 Å². The van der Waals surface area contributed by atoms with Crippen molar-refractivity contribution in [3.63, 3.8) is 0 Å². The van der Waals surface area contributed by atoms with Crippen molar-refractivity contribution in [2.24, 2.45) is 0 Å². The Kier molecular flexibility index (Phi) is 3.71. The quantitative estimate of drug-likeness (QED) is 0.570. The largest absolute Gasteiger partial charge is 0.252 e. The molecule has 3 heterocycles. The fourth-order valence-corrected chi connectivity index (χ4v) is 4.26. The molecule has 0 saturated heterocycles. The smallest absolute Gasteiger partial charge is 0.216 e. The van der Waals surface area contributed by atoms with E-state index in [1.807, 2.05) is 19.9 Å². The molecule has 1 aromatic carbocycles. The van der Waals surface area contributed by atoms with Crippen LogP contribution in [0.25, 0.3) is 16.8 Å². The molecule has 4 rings (SSSR count). The average molecular weight is 375 g/mol. The van der Waals surface area contributed by atoms with Gasteiger partial charge in [-0.3, -0.25) is 0 Å². The van der Waals surface area contributed by atoms with Crippen LogP contribution < -0.4 is 4.72 Å². The van der Waals surface area contributed by atoms with Crippen LogP contribution >= 0.6 is 11.7 Å². The molecule has 11 heteroatoms. The third-order valence-electron chi connectivity index (χ3n) is 3.62. The van der Waals surface area contributed by atoms with E-state index >= 15 is 0 Å². The Balaban J connectivity index is 1.64. The van der Waals surface area contributed by atoms with Crippen LogP contribution in [0.1, 0.15) is 17.2 Å². The van der Waals surface area contributed by atoms with Crippen molar-refractivity contribution < 1.29 is 8.42 Å². The monoisotopic (exact) mass is 375 g/mol. The second kappa shape index (κ2) is 5.79. The molecule has 0 atom stereocenters. The van der Waals surface area contributed by atoms with Crippen molar-refractivity contribution >= 4 is 38.6 Å². The summed E-state index contributed by atoms with van der Waals surface area (Å²) in [5.74, 6) is 0.783. The molecule has 0 aliphatic heterocycles. The summed E-state index contributed by atoms with van der Waals surface area (Å²) in [6, 6.07) is 6.74. The summed E-state index contributed by atoms with van der Waals surface area (Å²) < 4.78 is 37.4. The van der Waals surface area contributed by atoms with Crippen LogP contribution in [-0.2, 0) is 16.6 Å². The van der Waals surface area contributed by atoms with Gasteiger partial charge in [0.1, 0.15) is 15.9 Å². The van der Waals surface area contributed by atoms with Crippen LogP contribution in [0, 0.1) is 13.8 Å². The fraction of sp³-hybridized carbons (Fsp3) is 0.214. The van der Waals surface area contributed by atoms with Crippen LogP contribution in [0.3, 0.4) is 0 Å². The predicted octanol–water partition coefficient (Wildman–Crippen LogP) is 1.22. The topological polar surface area (TPSA) is 115 Å². The first kappa shape index (κ1) is 16.0. The van der Waals surface area contributed by atoms with Crippen LogP contribution in [0.15, 0.2) is 29.2 Å². The number of sulfonamides is 1. The maximum absolute atomic E-state index is 12.6. The zero-order valence-corrected chi connectivity index (χ0v) is 15.0. The summed E-state index contributed by atoms with van der Waals surface area (Å²) >= 11 is 0.975. The van der Waals surface area contributed by atoms with E-state index < -0.39 is 10.0 Å². The predicted molar refractivity (Wildman–Crippen MR) is 91.7 cm³/mol. The van der Waals surface area contributed by atoms with Crippen molar-refractivity contribution in [2.45, 2.75) is 25.3 Å². The number of rotatable bonds is 4. The summed E-state index contributed by atoms with van der Waals surface area (Å²) in [4.78, 5) is 8.65. The average Bonchev–Trinajstić information content (AvgIpc) is 3.18. The highest BCUT2D eigenvalue weighted by Crippen LogP contribution is 2.21. The molecule has 25 heavy (non-hydrogen) atoms. The van der Waals surface area contributed by atoms with Gasteiger partial charge in [-0.1, -0.05) is 6.07 Å². The first-order valence-corrected chi connectivity index (χ1v) is 9.56. The van der Waals surface area contributed by atoms with E-state index in [-0.39, 0.29) is 11.4 Å². The maximum Gasteiger partial charge on any atom is 0.252 e. The minimum atomic E-state index is -3.77. The van der Waals surface area contributed by atoms with Gasteiger partial charge in [-0.15, -0.1) is 5.10 Å². The van der Waals surface area contributed by atoms with E-state index in [9.17, 15) is 8.42 Å². The molecule has 0 radical (unpaired) electrons. The van der Waals surface area contributed by atoms with Gasteiger partial charge in [0.2, 0.25) is 10.0 Å². The third-order valence-corrected chi connectivity index (χ3v) is 5.60. The first-order chi connectivity index (χ1) is 11.9. The van der Waals surface area contributed by atoms with Crippen LogP contribution in [-0.4, -0.2) is 36.7 Å². The van der Waals surface area contributed by atoms with Crippen molar-refractivity contribution in [2.75, 3.05) is 0 Å². The Bertz CT molecular complexity index is 1200. The number of nitrogens with zero attached hydrogens (tertiary/aromatic N) is 6. The van der Waals surface area contributed by atoms with Gasteiger partial charge >= 0.3 is 0 Å². The molecular formula is C14H13N7O2S2. The Morgan fingerprint density at radius 1 is 1.20 bits per heavy atom. The van der Waals surface area contributed by atoms with Crippen molar-refractivity contribution in [3.05, 3.63) is 41.5 Å². The number of hydrogen-bond acceptors (Lipinski definition) is 8. The summed E-state index contributed by atoms with van der Waals surface area (Å²) in [5.41, 5.74) is 2.61. The van der Waals surface area contributed by atoms with Crippen LogP contribution in [0.2, 0.25) is 0 Å². The Hall–Kier alpha value is -2.50. The molecule has 4 aromatic rings. The molecule has 9 nitrogen and oxygen atoms in total. The summed E-state index contributed by atoms with van der Waals surface area (Å²) in [6.45, 7) is 3.71. The standard InChI is InChI=1S/C14H13N7O2S2/c1-8-6-9(2)21-14(16-8)17-12(18-21)7-15-25(22,23)11-5-3-4-10-13(11)20-24-19-10/h3-6,15H,7H2,1-2H3. The molecule has 128 valence electrons. The second-order valence-corrected chi connectivity index (χ2v) is 7.76. The molecule has 3 aromatic heterocycles. The molecule has 1 N–H and O–H groups in total. The van der Waals surface area contributed by atoms with Gasteiger partial charge in [-0.25, -0.2) is 22.6 Å². The number of fused-ring (bicyclic) bond motifs is 2. The Morgan fingerprint density at radius 2 is 2.04 bits per heavy atom. The fourth-order valence-electron chi connectivity index (χ4n) is 2.52. The van der Waals surface area contributed by atoms with E-state index in [4.69, 9.17) is 0 Å². The van der Waals surface area contributed by atoms with Crippen LogP contribution in [0.4, 0.5) is 0 Å². The SMILES string of the molecule is Cc1cc(C)n2nc(CNS(=O)(=O)c3cccc4nsnc34)nc2n1. The van der Waals surface area contributed by atoms with E-state index in [0.717, 1.165) is 23.1 Å². The lowest BCUT2D eigenvalue weighted by atomic mass is 10.3. The number of nitrogens with one attached hydrogen (secondary N) is 1. The van der Waals surface area contributed by atoms with E-state index in [1.165, 1.54) is 6.07 Å². The minimum Gasteiger partial charge on any atom is -0.216 e. The Morgan fingerprint density at radius 3 is 2.88 bits per heavy atom. The van der Waals surface area contributed by atoms with Gasteiger partial charge in [-0.05, 0) is 32.0 Å². The maximum atomic E-state index is 12.6. The summed E-state index contributed by atoms with van der Waals surface area (Å²) in [5, 5.41) is 4.29. The molecular weight excluding hydrogens is 362 g/mol. The molecule has 0 bridgehead atoms. The lowest BCUT2D eigenvalue weighted by Gasteiger charge is -2.04. The zero-order chi connectivity index (χ0) is 17.6. The summed E-state index contributed by atoms with van der Waals surface area (Å²) in [7, 11) is -3.77. The molecule has 0 unspecified atom stereocenters. The normalized spacial score (nSPS) is 12.2. The number of aromatic nitrogens is 6. The number of benzene rings is 1. The molecule has 0 aliphatic rings. The number of hydrogen-bond donors (Lipinski definition) is 1. The summed E-state index contributed by atoms with van der Waals surface area (Å²) in [6.07, 6.45) is 0. The number of aryl methyl sites for hydroxylation is 2. The van der Waals surface area contributed by atoms with Gasteiger partial charge < -0.3 is 0 Å². The molecule has 0 fully saturated rings. The molecule has 0 aliphatic carbocycles. The van der Waals surface area contributed by atoms with Gasteiger partial charge in [0, 0.05) is 11.4 Å². The molecule has 0 spiro atoms. The van der Waals surface area contributed by atoms with E-state index in [0.29, 0.717) is 22.6 Å². The van der Waals surface area contributed by atoms with Crippen LogP contribution in [0.5, 0.6) is 0 Å². The highest BCUT2D eigenvalue weighted by atomic mass is 32.2. The first-order valence-electron chi connectivity index (χ1n) is 7.35. The van der Waals surface area contributed by atoms with E-state index in [2.05, 4.69) is 28.5 Å². The minimum absolute atomic E-state index is 0.0435. The zero-order valence-electron chi connectivity index (χ0n) is 13.3. The van der Waals surface area contributed by atoms with E-state index in [1.54, 1.807) is 16.6 Å².